The number of hydrogen-bond donors (Lipinski definition) is 1. The summed E-state index contributed by atoms with van der Waals surface area (Å²) < 4.78 is 18.6. The van der Waals surface area contributed by atoms with Crippen molar-refractivity contribution in [2.45, 2.75) is 18.9 Å². The minimum atomic E-state index is -0.605. The van der Waals surface area contributed by atoms with Crippen LogP contribution in [0.2, 0.25) is 0 Å². The van der Waals surface area contributed by atoms with E-state index in [4.69, 9.17) is 4.74 Å². The first kappa shape index (κ1) is 18.6. The second-order valence-electron chi connectivity index (χ2n) is 6.02. The molecule has 4 nitrogen and oxygen atoms in total. The van der Waals surface area contributed by atoms with E-state index in [0.29, 0.717) is 11.4 Å². The van der Waals surface area contributed by atoms with Crippen molar-refractivity contribution in [2.75, 3.05) is 11.9 Å². The largest absolute Gasteiger partial charge is 0.465 e. The van der Waals surface area contributed by atoms with Gasteiger partial charge in [0.15, 0.2) is 0 Å². The lowest BCUT2D eigenvalue weighted by Gasteiger charge is -2.27. The van der Waals surface area contributed by atoms with E-state index in [1.54, 1.807) is 25.3 Å². The number of ether oxygens (including phenoxy) is 1. The number of rotatable bonds is 7. The third kappa shape index (κ3) is 4.70. The van der Waals surface area contributed by atoms with Gasteiger partial charge < -0.3 is 10.1 Å². The summed E-state index contributed by atoms with van der Waals surface area (Å²) in [4.78, 5) is 17.3. The smallest absolute Gasteiger partial charge is 0.315 e. The number of hydrogen-bond acceptors (Lipinski definition) is 4. The number of anilines is 1. The molecule has 0 unspecified atom stereocenters. The Balaban J connectivity index is 2.04. The van der Waals surface area contributed by atoms with Crippen LogP contribution in [0.1, 0.15) is 30.1 Å². The highest BCUT2D eigenvalue weighted by Gasteiger charge is 2.33. The molecular weight excluding hydrogens is 343 g/mol. The molecule has 3 aromatic rings. The molecule has 2 atom stereocenters. The molecular formula is C22H21FN2O2. The van der Waals surface area contributed by atoms with Gasteiger partial charge in [-0.05, 0) is 48.9 Å². The maximum Gasteiger partial charge on any atom is 0.315 e. The van der Waals surface area contributed by atoms with E-state index in [2.05, 4.69) is 10.3 Å². The molecule has 1 N–H and O–H groups in total. The van der Waals surface area contributed by atoms with Crippen molar-refractivity contribution in [1.82, 2.24) is 4.98 Å². The van der Waals surface area contributed by atoms with Crippen LogP contribution in [0.3, 0.4) is 0 Å². The average molecular weight is 364 g/mol. The van der Waals surface area contributed by atoms with Gasteiger partial charge in [0.25, 0.3) is 0 Å². The van der Waals surface area contributed by atoms with Gasteiger partial charge in [-0.1, -0.05) is 36.4 Å². The molecule has 3 rings (SSSR count). The first-order valence-electron chi connectivity index (χ1n) is 8.83. The Morgan fingerprint density at radius 3 is 2.37 bits per heavy atom. The summed E-state index contributed by atoms with van der Waals surface area (Å²) in [5.41, 5.74) is 2.21. The van der Waals surface area contributed by atoms with Crippen LogP contribution >= 0.6 is 0 Å². The Hall–Kier alpha value is -3.21. The second-order valence-corrected chi connectivity index (χ2v) is 6.02. The van der Waals surface area contributed by atoms with Crippen LogP contribution in [0, 0.1) is 5.82 Å². The van der Waals surface area contributed by atoms with Crippen molar-refractivity contribution in [2.24, 2.45) is 0 Å². The minimum absolute atomic E-state index is 0.285. The number of carbonyl (C=O) groups excluding carboxylic acids is 1. The lowest BCUT2D eigenvalue weighted by molar-refractivity contribution is -0.145. The van der Waals surface area contributed by atoms with Crippen molar-refractivity contribution in [3.8, 4) is 0 Å². The fourth-order valence-corrected chi connectivity index (χ4v) is 2.97. The van der Waals surface area contributed by atoms with Gasteiger partial charge in [0, 0.05) is 11.9 Å². The Kier molecular flexibility index (Phi) is 6.15. The van der Waals surface area contributed by atoms with Crippen LogP contribution in [0.4, 0.5) is 10.1 Å². The molecule has 5 heteroatoms. The average Bonchev–Trinajstić information content (AvgIpc) is 2.71. The van der Waals surface area contributed by atoms with Crippen LogP contribution in [0.25, 0.3) is 0 Å². The summed E-state index contributed by atoms with van der Waals surface area (Å²) in [6.45, 7) is 2.07. The predicted octanol–water partition coefficient (Wildman–Crippen LogP) is 4.72. The lowest BCUT2D eigenvalue weighted by Crippen LogP contribution is -2.28. The highest BCUT2D eigenvalue weighted by atomic mass is 19.1. The number of esters is 1. The van der Waals surface area contributed by atoms with E-state index in [1.165, 1.54) is 12.1 Å². The topological polar surface area (TPSA) is 51.2 Å². The van der Waals surface area contributed by atoms with Gasteiger partial charge in [0.05, 0.1) is 18.3 Å². The van der Waals surface area contributed by atoms with Gasteiger partial charge >= 0.3 is 5.97 Å². The summed E-state index contributed by atoms with van der Waals surface area (Å²) in [7, 11) is 0. The number of halogens is 1. The van der Waals surface area contributed by atoms with Crippen molar-refractivity contribution in [1.29, 1.82) is 0 Å². The van der Waals surface area contributed by atoms with Crippen molar-refractivity contribution >= 4 is 11.7 Å². The van der Waals surface area contributed by atoms with E-state index in [1.807, 2.05) is 48.5 Å². The zero-order valence-electron chi connectivity index (χ0n) is 15.0. The fraction of sp³-hybridized carbons (Fsp3) is 0.182. The van der Waals surface area contributed by atoms with E-state index in [0.717, 1.165) is 5.56 Å². The van der Waals surface area contributed by atoms with Crippen molar-refractivity contribution in [3.63, 3.8) is 0 Å². The van der Waals surface area contributed by atoms with Gasteiger partial charge in [-0.2, -0.15) is 0 Å². The third-order valence-electron chi connectivity index (χ3n) is 4.21. The SMILES string of the molecule is CCOC(=O)[C@@H](c1ccccc1)[C@H](Nc1ccc(F)cc1)c1ccccn1. The molecule has 0 aliphatic rings. The third-order valence-corrected chi connectivity index (χ3v) is 4.21. The summed E-state index contributed by atoms with van der Waals surface area (Å²) >= 11 is 0. The first-order valence-corrected chi connectivity index (χ1v) is 8.83. The molecule has 2 aromatic carbocycles. The number of benzene rings is 2. The zero-order valence-corrected chi connectivity index (χ0v) is 15.0. The molecule has 0 bridgehead atoms. The normalized spacial score (nSPS) is 12.8. The van der Waals surface area contributed by atoms with E-state index in [-0.39, 0.29) is 18.4 Å². The molecule has 27 heavy (non-hydrogen) atoms. The number of nitrogens with one attached hydrogen (secondary N) is 1. The second kappa shape index (κ2) is 8.94. The lowest BCUT2D eigenvalue weighted by atomic mass is 9.88. The van der Waals surface area contributed by atoms with E-state index >= 15 is 0 Å². The monoisotopic (exact) mass is 364 g/mol. The summed E-state index contributed by atoms with van der Waals surface area (Å²) in [6, 6.07) is 20.5. The maximum atomic E-state index is 13.3. The molecule has 1 heterocycles. The standard InChI is InChI=1S/C22H21FN2O2/c1-2-27-22(26)20(16-8-4-3-5-9-16)21(19-10-6-7-15-24-19)25-18-13-11-17(23)12-14-18/h3-15,20-21,25H,2H2,1H3/t20-,21+/m0/s1. The Morgan fingerprint density at radius 1 is 1.04 bits per heavy atom. The van der Waals surface area contributed by atoms with Gasteiger partial charge in [-0.25, -0.2) is 4.39 Å². The number of carbonyl (C=O) groups is 1. The molecule has 0 saturated carbocycles. The Bertz CT molecular complexity index is 855. The number of pyridine rings is 1. The van der Waals surface area contributed by atoms with E-state index < -0.39 is 12.0 Å². The van der Waals surface area contributed by atoms with Crippen LogP contribution in [0.5, 0.6) is 0 Å². The molecule has 0 radical (unpaired) electrons. The quantitative estimate of drug-likeness (QED) is 0.616. The Morgan fingerprint density at radius 2 is 1.74 bits per heavy atom. The number of aromatic nitrogens is 1. The molecule has 0 spiro atoms. The minimum Gasteiger partial charge on any atom is -0.465 e. The van der Waals surface area contributed by atoms with Crippen LogP contribution in [0.15, 0.2) is 79.0 Å². The van der Waals surface area contributed by atoms with Gasteiger partial charge in [-0.15, -0.1) is 0 Å². The highest BCUT2D eigenvalue weighted by molar-refractivity contribution is 5.80. The van der Waals surface area contributed by atoms with Crippen LogP contribution in [-0.4, -0.2) is 17.6 Å². The number of nitrogens with zero attached hydrogens (tertiary/aromatic N) is 1. The molecule has 0 aliphatic carbocycles. The maximum absolute atomic E-state index is 13.3. The molecule has 138 valence electrons. The molecule has 0 fully saturated rings. The molecule has 1 aromatic heterocycles. The summed E-state index contributed by atoms with van der Waals surface area (Å²) in [6.07, 6.45) is 1.68. The van der Waals surface area contributed by atoms with Gasteiger partial charge in [0.1, 0.15) is 11.7 Å². The van der Waals surface area contributed by atoms with E-state index in [9.17, 15) is 9.18 Å². The summed E-state index contributed by atoms with van der Waals surface area (Å²) in [5, 5.41) is 3.33. The van der Waals surface area contributed by atoms with Crippen LogP contribution in [-0.2, 0) is 9.53 Å². The zero-order chi connectivity index (χ0) is 19.1. The fourth-order valence-electron chi connectivity index (χ4n) is 2.97. The molecule has 0 saturated heterocycles. The van der Waals surface area contributed by atoms with Crippen LogP contribution < -0.4 is 5.32 Å². The highest BCUT2D eigenvalue weighted by Crippen LogP contribution is 2.34. The predicted molar refractivity (Wildman–Crippen MR) is 103 cm³/mol. The van der Waals surface area contributed by atoms with Crippen molar-refractivity contribution < 1.29 is 13.9 Å². The van der Waals surface area contributed by atoms with Gasteiger partial charge in [0.2, 0.25) is 0 Å². The molecule has 0 amide bonds. The first-order chi connectivity index (χ1) is 13.2. The Labute approximate surface area is 158 Å². The molecule has 0 aliphatic heterocycles. The summed E-state index contributed by atoms with van der Waals surface area (Å²) in [5.74, 6) is -1.26. The van der Waals surface area contributed by atoms with Gasteiger partial charge in [-0.3, -0.25) is 9.78 Å². The van der Waals surface area contributed by atoms with Crippen molar-refractivity contribution in [3.05, 3.63) is 96.1 Å².